The summed E-state index contributed by atoms with van der Waals surface area (Å²) in [5, 5.41) is 6.33. The Hall–Kier alpha value is -4.10. The molecule has 0 bridgehead atoms. The maximum Gasteiger partial charge on any atom is 0.282 e. The molecule has 0 amide bonds. The first-order valence-corrected chi connectivity index (χ1v) is 11.4. The number of methoxy groups -OCH3 is 1. The molecular weight excluding hydrogens is 466 g/mol. The number of halogens is 1. The van der Waals surface area contributed by atoms with E-state index < -0.39 is 0 Å². The first kappa shape index (κ1) is 22.7. The normalized spacial score (nSPS) is 11.7. The molecular formula is C27H22ClN3O4. The summed E-state index contributed by atoms with van der Waals surface area (Å²) in [6.07, 6.45) is 1.58. The lowest BCUT2D eigenvalue weighted by atomic mass is 10.2. The molecule has 8 heteroatoms. The van der Waals surface area contributed by atoms with Crippen LogP contribution in [0.25, 0.3) is 33.5 Å². The Morgan fingerprint density at radius 2 is 1.89 bits per heavy atom. The van der Waals surface area contributed by atoms with E-state index in [1.165, 1.54) is 4.68 Å². The van der Waals surface area contributed by atoms with Crippen molar-refractivity contribution in [1.82, 2.24) is 9.66 Å². The van der Waals surface area contributed by atoms with E-state index >= 15 is 0 Å². The molecule has 5 rings (SSSR count). The van der Waals surface area contributed by atoms with E-state index in [1.54, 1.807) is 61.9 Å². The summed E-state index contributed by atoms with van der Waals surface area (Å²) in [7, 11) is 1.58. The number of furan rings is 1. The molecule has 176 valence electrons. The van der Waals surface area contributed by atoms with Gasteiger partial charge in [0.15, 0.2) is 17.3 Å². The Kier molecular flexibility index (Phi) is 6.01. The van der Waals surface area contributed by atoms with E-state index in [2.05, 4.69) is 5.10 Å². The molecule has 0 aliphatic heterocycles. The fourth-order valence-electron chi connectivity index (χ4n) is 3.75. The smallest absolute Gasteiger partial charge is 0.282 e. The second-order valence-electron chi connectivity index (χ2n) is 8.18. The van der Waals surface area contributed by atoms with Crippen LogP contribution < -0.4 is 15.0 Å². The van der Waals surface area contributed by atoms with Gasteiger partial charge < -0.3 is 13.9 Å². The van der Waals surface area contributed by atoms with Gasteiger partial charge in [0, 0.05) is 10.4 Å². The summed E-state index contributed by atoms with van der Waals surface area (Å²) < 4.78 is 18.5. The molecule has 35 heavy (non-hydrogen) atoms. The van der Waals surface area contributed by atoms with Gasteiger partial charge in [-0.2, -0.15) is 9.78 Å². The number of fused-ring (bicyclic) bond motifs is 2. The molecule has 0 unspecified atom stereocenters. The Balaban J connectivity index is 1.64. The quantitative estimate of drug-likeness (QED) is 0.269. The van der Waals surface area contributed by atoms with Crippen LogP contribution in [0, 0.1) is 0 Å². The number of hydrogen-bond acceptors (Lipinski definition) is 6. The fraction of sp³-hybridized carbons (Fsp3) is 0.148. The number of ether oxygens (including phenoxy) is 2. The van der Waals surface area contributed by atoms with Gasteiger partial charge in [-0.05, 0) is 74.0 Å². The predicted molar refractivity (Wildman–Crippen MR) is 138 cm³/mol. The highest BCUT2D eigenvalue weighted by atomic mass is 35.5. The Morgan fingerprint density at radius 1 is 1.06 bits per heavy atom. The highest BCUT2D eigenvalue weighted by Crippen LogP contribution is 2.30. The van der Waals surface area contributed by atoms with Gasteiger partial charge in [-0.1, -0.05) is 23.7 Å². The number of nitrogens with zero attached hydrogens (tertiary/aromatic N) is 3. The van der Waals surface area contributed by atoms with Gasteiger partial charge in [-0.15, -0.1) is 0 Å². The third kappa shape index (κ3) is 4.50. The molecule has 0 aliphatic carbocycles. The maximum atomic E-state index is 13.4. The summed E-state index contributed by atoms with van der Waals surface area (Å²) in [6, 6.07) is 19.7. The van der Waals surface area contributed by atoms with Gasteiger partial charge >= 0.3 is 0 Å². The molecule has 5 aromatic rings. The summed E-state index contributed by atoms with van der Waals surface area (Å²) in [5.41, 5.74) is 1.59. The molecule has 2 aromatic heterocycles. The molecule has 0 saturated heterocycles. The second-order valence-corrected chi connectivity index (χ2v) is 8.62. The van der Waals surface area contributed by atoms with E-state index in [0.717, 1.165) is 10.9 Å². The second kappa shape index (κ2) is 9.27. The third-order valence-electron chi connectivity index (χ3n) is 5.33. The lowest BCUT2D eigenvalue weighted by molar-refractivity contribution is 0.230. The van der Waals surface area contributed by atoms with Crippen LogP contribution in [0.2, 0.25) is 5.02 Å². The molecule has 0 spiro atoms. The van der Waals surface area contributed by atoms with Crippen molar-refractivity contribution in [2.75, 3.05) is 7.11 Å². The minimum absolute atomic E-state index is 0.00640. The van der Waals surface area contributed by atoms with Gasteiger partial charge in [0.2, 0.25) is 5.82 Å². The van der Waals surface area contributed by atoms with Crippen LogP contribution in [0.15, 0.2) is 81.0 Å². The van der Waals surface area contributed by atoms with Crippen LogP contribution in [0.1, 0.15) is 19.4 Å². The summed E-state index contributed by atoms with van der Waals surface area (Å²) >= 11 is 6.13. The fourth-order valence-corrected chi connectivity index (χ4v) is 3.94. The van der Waals surface area contributed by atoms with Crippen molar-refractivity contribution in [2.24, 2.45) is 5.10 Å². The predicted octanol–water partition coefficient (Wildman–Crippen LogP) is 6.14. The highest BCUT2D eigenvalue weighted by Gasteiger charge is 2.17. The minimum atomic E-state index is -0.313. The van der Waals surface area contributed by atoms with Crippen LogP contribution in [0.4, 0.5) is 0 Å². The first-order valence-electron chi connectivity index (χ1n) is 11.0. The number of aromatic nitrogens is 2. The van der Waals surface area contributed by atoms with Crippen molar-refractivity contribution in [3.63, 3.8) is 0 Å². The first-order chi connectivity index (χ1) is 16.9. The number of rotatable bonds is 6. The molecule has 3 aromatic carbocycles. The standard InChI is InChI=1S/C27H22ClN3O4/c1-16(2)34-23-10-8-17(12-24(23)33-3)15-29-31-26(30-21-7-5-4-6-20(21)27(31)32)25-14-18-13-19(28)9-11-22(18)35-25/h4-16H,1-3H3. The van der Waals surface area contributed by atoms with E-state index in [-0.39, 0.29) is 17.5 Å². The molecule has 7 nitrogen and oxygen atoms in total. The Bertz CT molecular complexity index is 1640. The zero-order valence-corrected chi connectivity index (χ0v) is 20.1. The van der Waals surface area contributed by atoms with E-state index in [0.29, 0.717) is 38.8 Å². The Labute approximate surface area is 206 Å². The molecule has 0 saturated carbocycles. The van der Waals surface area contributed by atoms with Crippen LogP contribution in [0.5, 0.6) is 11.5 Å². The summed E-state index contributed by atoms with van der Waals surface area (Å²) in [4.78, 5) is 18.1. The van der Waals surface area contributed by atoms with E-state index in [4.69, 9.17) is 30.5 Å². The molecule has 0 radical (unpaired) electrons. The van der Waals surface area contributed by atoms with Gasteiger partial charge in [0.25, 0.3) is 5.56 Å². The van der Waals surface area contributed by atoms with E-state index in [9.17, 15) is 4.79 Å². The average molecular weight is 488 g/mol. The number of para-hydroxylation sites is 1. The highest BCUT2D eigenvalue weighted by molar-refractivity contribution is 6.31. The molecule has 0 atom stereocenters. The minimum Gasteiger partial charge on any atom is -0.493 e. The SMILES string of the molecule is COc1cc(C=Nn2c(-c3cc4cc(Cl)ccc4o3)nc3ccccc3c2=O)ccc1OC(C)C. The molecule has 0 aliphatic rings. The van der Waals surface area contributed by atoms with E-state index in [1.807, 2.05) is 32.0 Å². The molecule has 0 fully saturated rings. The van der Waals surface area contributed by atoms with Crippen LogP contribution in [-0.4, -0.2) is 29.1 Å². The lowest BCUT2D eigenvalue weighted by Crippen LogP contribution is -2.20. The number of benzene rings is 3. The largest absolute Gasteiger partial charge is 0.493 e. The lowest BCUT2D eigenvalue weighted by Gasteiger charge is -2.13. The van der Waals surface area contributed by atoms with Crippen molar-refractivity contribution >= 4 is 39.7 Å². The number of hydrogen-bond donors (Lipinski definition) is 0. The zero-order chi connectivity index (χ0) is 24.5. The van der Waals surface area contributed by atoms with Gasteiger partial charge in [0.05, 0.1) is 30.3 Å². The van der Waals surface area contributed by atoms with Crippen molar-refractivity contribution < 1.29 is 13.9 Å². The van der Waals surface area contributed by atoms with Gasteiger partial charge in [-0.3, -0.25) is 4.79 Å². The van der Waals surface area contributed by atoms with Crippen molar-refractivity contribution in [2.45, 2.75) is 20.0 Å². The molecule has 0 N–H and O–H groups in total. The molecule has 2 heterocycles. The van der Waals surface area contributed by atoms with Crippen LogP contribution in [0.3, 0.4) is 0 Å². The average Bonchev–Trinajstić information content (AvgIpc) is 3.27. The van der Waals surface area contributed by atoms with Gasteiger partial charge in [-0.25, -0.2) is 4.98 Å². The van der Waals surface area contributed by atoms with Crippen LogP contribution >= 0.6 is 11.6 Å². The topological polar surface area (TPSA) is 78.9 Å². The van der Waals surface area contributed by atoms with Crippen molar-refractivity contribution in [1.29, 1.82) is 0 Å². The Morgan fingerprint density at radius 3 is 2.69 bits per heavy atom. The maximum absolute atomic E-state index is 13.4. The zero-order valence-electron chi connectivity index (χ0n) is 19.4. The van der Waals surface area contributed by atoms with Crippen LogP contribution in [-0.2, 0) is 0 Å². The van der Waals surface area contributed by atoms with Crippen molar-refractivity contribution in [3.05, 3.63) is 87.7 Å². The summed E-state index contributed by atoms with van der Waals surface area (Å²) in [6.45, 7) is 3.89. The van der Waals surface area contributed by atoms with Gasteiger partial charge in [0.1, 0.15) is 5.58 Å². The third-order valence-corrected chi connectivity index (χ3v) is 5.56. The monoisotopic (exact) mass is 487 g/mol. The summed E-state index contributed by atoms with van der Waals surface area (Å²) in [5.74, 6) is 1.89. The van der Waals surface area contributed by atoms with Crippen molar-refractivity contribution in [3.8, 4) is 23.1 Å².